The van der Waals surface area contributed by atoms with Crippen molar-refractivity contribution < 1.29 is 4.79 Å². The fourth-order valence-electron chi connectivity index (χ4n) is 1.68. The summed E-state index contributed by atoms with van der Waals surface area (Å²) >= 11 is 5.71. The minimum absolute atomic E-state index is 0.0769. The zero-order valence-corrected chi connectivity index (χ0v) is 9.39. The molecule has 0 bridgehead atoms. The molecule has 1 nitrogen and oxygen atoms in total. The third kappa shape index (κ3) is 2.15. The van der Waals surface area contributed by atoms with Crippen LogP contribution in [0.1, 0.15) is 10.4 Å². The average molecular weight is 231 g/mol. The lowest BCUT2D eigenvalue weighted by Gasteiger charge is -2.14. The highest BCUT2D eigenvalue weighted by Gasteiger charge is 2.20. The number of allylic oxidation sites excluding steroid dienone is 5. The van der Waals surface area contributed by atoms with Crippen LogP contribution in [0.5, 0.6) is 0 Å². The second-order valence-corrected chi connectivity index (χ2v) is 3.78. The first-order valence-corrected chi connectivity index (χ1v) is 5.51. The Kier molecular flexibility index (Phi) is 3.37. The SMILES string of the molecule is O=C(c1ccccc1)C1C=CC=CC1=CCl. The van der Waals surface area contributed by atoms with E-state index in [1.165, 1.54) is 5.54 Å². The number of rotatable bonds is 2. The predicted octanol–water partition coefficient (Wildman–Crippen LogP) is 3.73. The number of benzene rings is 1. The van der Waals surface area contributed by atoms with E-state index in [-0.39, 0.29) is 11.7 Å². The number of halogens is 1. The largest absolute Gasteiger partial charge is 0.293 e. The summed E-state index contributed by atoms with van der Waals surface area (Å²) in [6.07, 6.45) is 7.47. The maximum atomic E-state index is 12.2. The zero-order valence-electron chi connectivity index (χ0n) is 8.64. The normalized spacial score (nSPS) is 21.3. The van der Waals surface area contributed by atoms with E-state index in [1.54, 1.807) is 0 Å². The quantitative estimate of drug-likeness (QED) is 0.708. The van der Waals surface area contributed by atoms with E-state index < -0.39 is 0 Å². The Hall–Kier alpha value is -1.60. The van der Waals surface area contributed by atoms with Crippen LogP contribution in [0.2, 0.25) is 0 Å². The number of Topliss-reactive ketones (excluding diaryl/α,β-unsaturated/α-hetero) is 1. The lowest BCUT2D eigenvalue weighted by molar-refractivity contribution is 0.0962. The van der Waals surface area contributed by atoms with Crippen molar-refractivity contribution in [2.45, 2.75) is 0 Å². The van der Waals surface area contributed by atoms with Crippen molar-refractivity contribution in [2.24, 2.45) is 5.92 Å². The van der Waals surface area contributed by atoms with Crippen molar-refractivity contribution in [1.29, 1.82) is 0 Å². The molecule has 1 aliphatic rings. The molecule has 0 amide bonds. The molecule has 16 heavy (non-hydrogen) atoms. The van der Waals surface area contributed by atoms with E-state index >= 15 is 0 Å². The van der Waals surface area contributed by atoms with Gasteiger partial charge in [0.25, 0.3) is 0 Å². The fraction of sp³-hybridized carbons (Fsp3) is 0.0714. The summed E-state index contributed by atoms with van der Waals surface area (Å²) in [6, 6.07) is 9.26. The number of carbonyl (C=O) groups excluding carboxylic acids is 1. The molecule has 0 fully saturated rings. The molecule has 0 aromatic heterocycles. The molecular formula is C14H11ClO. The maximum absolute atomic E-state index is 12.2. The standard InChI is InChI=1S/C14H11ClO/c15-10-12-8-4-5-9-13(12)14(16)11-6-2-1-3-7-11/h1-10,13H. The first kappa shape index (κ1) is 10.9. The van der Waals surface area contributed by atoms with Crippen LogP contribution in [0, 0.1) is 5.92 Å². The van der Waals surface area contributed by atoms with E-state index in [2.05, 4.69) is 0 Å². The highest BCUT2D eigenvalue weighted by molar-refractivity contribution is 6.26. The molecule has 0 heterocycles. The summed E-state index contributed by atoms with van der Waals surface area (Å²) < 4.78 is 0. The molecule has 0 saturated carbocycles. The van der Waals surface area contributed by atoms with Gasteiger partial charge in [-0.3, -0.25) is 4.79 Å². The van der Waals surface area contributed by atoms with Crippen molar-refractivity contribution in [2.75, 3.05) is 0 Å². The summed E-state index contributed by atoms with van der Waals surface area (Å²) in [6.45, 7) is 0. The van der Waals surface area contributed by atoms with Gasteiger partial charge in [0.2, 0.25) is 0 Å². The molecule has 1 unspecified atom stereocenters. The second kappa shape index (κ2) is 4.95. The molecule has 0 saturated heterocycles. The van der Waals surface area contributed by atoms with E-state index in [9.17, 15) is 4.79 Å². The van der Waals surface area contributed by atoms with E-state index in [4.69, 9.17) is 11.6 Å². The molecule has 1 aromatic rings. The zero-order chi connectivity index (χ0) is 11.4. The molecule has 2 rings (SSSR count). The summed E-state index contributed by atoms with van der Waals surface area (Å²) in [4.78, 5) is 12.2. The minimum atomic E-state index is -0.259. The number of carbonyl (C=O) groups is 1. The Morgan fingerprint density at radius 1 is 1.19 bits per heavy atom. The molecular weight excluding hydrogens is 220 g/mol. The van der Waals surface area contributed by atoms with Crippen molar-refractivity contribution >= 4 is 17.4 Å². The third-order valence-corrected chi connectivity index (χ3v) is 2.78. The Morgan fingerprint density at radius 3 is 2.62 bits per heavy atom. The van der Waals surface area contributed by atoms with Gasteiger partial charge in [-0.25, -0.2) is 0 Å². The fourth-order valence-corrected chi connectivity index (χ4v) is 1.89. The van der Waals surface area contributed by atoms with Crippen LogP contribution in [0.25, 0.3) is 0 Å². The molecule has 1 aromatic carbocycles. The Morgan fingerprint density at radius 2 is 1.94 bits per heavy atom. The van der Waals surface area contributed by atoms with Gasteiger partial charge < -0.3 is 0 Å². The highest BCUT2D eigenvalue weighted by Crippen LogP contribution is 2.23. The Bertz CT molecular complexity index is 469. The third-order valence-electron chi connectivity index (χ3n) is 2.53. The van der Waals surface area contributed by atoms with Gasteiger partial charge in [0, 0.05) is 11.1 Å². The van der Waals surface area contributed by atoms with Crippen LogP contribution in [0.4, 0.5) is 0 Å². The molecule has 1 atom stereocenters. The number of hydrogen-bond acceptors (Lipinski definition) is 1. The van der Waals surface area contributed by atoms with Crippen LogP contribution >= 0.6 is 11.6 Å². The van der Waals surface area contributed by atoms with E-state index in [0.717, 1.165) is 5.57 Å². The van der Waals surface area contributed by atoms with Crippen molar-refractivity contribution in [1.82, 2.24) is 0 Å². The minimum Gasteiger partial charge on any atom is -0.293 e. The Labute approximate surface area is 99.7 Å². The summed E-state index contributed by atoms with van der Waals surface area (Å²) in [5, 5.41) is 0. The van der Waals surface area contributed by atoms with Gasteiger partial charge in [-0.15, -0.1) is 0 Å². The highest BCUT2D eigenvalue weighted by atomic mass is 35.5. The van der Waals surface area contributed by atoms with Crippen LogP contribution in [0.3, 0.4) is 0 Å². The molecule has 2 heteroatoms. The van der Waals surface area contributed by atoms with Crippen molar-refractivity contribution in [3.05, 3.63) is 71.3 Å². The molecule has 0 spiro atoms. The molecule has 0 N–H and O–H groups in total. The van der Waals surface area contributed by atoms with Gasteiger partial charge in [-0.1, -0.05) is 66.2 Å². The summed E-state index contributed by atoms with van der Waals surface area (Å²) in [7, 11) is 0. The molecule has 1 aliphatic carbocycles. The van der Waals surface area contributed by atoms with E-state index in [0.29, 0.717) is 5.56 Å². The van der Waals surface area contributed by atoms with Gasteiger partial charge in [0.05, 0.1) is 5.92 Å². The number of ketones is 1. The summed E-state index contributed by atoms with van der Waals surface area (Å²) in [5.41, 5.74) is 3.01. The van der Waals surface area contributed by atoms with Crippen LogP contribution in [-0.2, 0) is 0 Å². The molecule has 0 radical (unpaired) electrons. The predicted molar refractivity (Wildman–Crippen MR) is 66.5 cm³/mol. The maximum Gasteiger partial charge on any atom is 0.174 e. The van der Waals surface area contributed by atoms with Gasteiger partial charge in [0.1, 0.15) is 0 Å². The average Bonchev–Trinajstić information content (AvgIpc) is 2.39. The van der Waals surface area contributed by atoms with Gasteiger partial charge >= 0.3 is 0 Å². The van der Waals surface area contributed by atoms with Crippen molar-refractivity contribution in [3.8, 4) is 0 Å². The second-order valence-electron chi connectivity index (χ2n) is 3.56. The van der Waals surface area contributed by atoms with Crippen LogP contribution in [-0.4, -0.2) is 5.78 Å². The Balaban J connectivity index is 2.29. The van der Waals surface area contributed by atoms with Crippen LogP contribution < -0.4 is 0 Å². The monoisotopic (exact) mass is 230 g/mol. The summed E-state index contributed by atoms with van der Waals surface area (Å²) in [5.74, 6) is -0.182. The lowest BCUT2D eigenvalue weighted by Crippen LogP contribution is -2.15. The van der Waals surface area contributed by atoms with Gasteiger partial charge in [-0.2, -0.15) is 0 Å². The van der Waals surface area contributed by atoms with E-state index in [1.807, 2.05) is 54.6 Å². The first-order chi connectivity index (χ1) is 7.83. The molecule has 0 aliphatic heterocycles. The molecule has 80 valence electrons. The van der Waals surface area contributed by atoms with Gasteiger partial charge in [0.15, 0.2) is 5.78 Å². The van der Waals surface area contributed by atoms with Crippen LogP contribution in [0.15, 0.2) is 65.7 Å². The van der Waals surface area contributed by atoms with Crippen molar-refractivity contribution in [3.63, 3.8) is 0 Å². The van der Waals surface area contributed by atoms with Gasteiger partial charge in [-0.05, 0) is 5.57 Å². The smallest absolute Gasteiger partial charge is 0.174 e. The topological polar surface area (TPSA) is 17.1 Å². The number of hydrogen-bond donors (Lipinski definition) is 0. The lowest BCUT2D eigenvalue weighted by atomic mass is 9.88. The first-order valence-electron chi connectivity index (χ1n) is 5.07.